The molecule has 0 aliphatic carbocycles. The third-order valence-corrected chi connectivity index (χ3v) is 19.9. The fourth-order valence-electron chi connectivity index (χ4n) is 14.0. The maximum absolute atomic E-state index is 2.32. The van der Waals surface area contributed by atoms with E-state index < -0.39 is 0 Å². The fourth-order valence-corrected chi connectivity index (χ4v) is 14.0. The van der Waals surface area contributed by atoms with Crippen LogP contribution in [0.5, 0.6) is 0 Å². The minimum atomic E-state index is 1.03. The van der Waals surface area contributed by atoms with Gasteiger partial charge in [0, 0.05) is 0 Å². The third-order valence-electron chi connectivity index (χ3n) is 19.9. The molecule has 0 amide bonds. The number of rotatable bonds is 77. The van der Waals surface area contributed by atoms with Gasteiger partial charge in [0.15, 0.2) is 0 Å². The zero-order valence-electron chi connectivity index (χ0n) is 58.0. The van der Waals surface area contributed by atoms with E-state index in [1.54, 1.807) is 0 Å². The molecule has 0 radical (unpaired) electrons. The molecule has 81 heavy (non-hydrogen) atoms. The van der Waals surface area contributed by atoms with Crippen LogP contribution in [-0.4, -0.2) is 0 Å². The Kier molecular flexibility index (Phi) is 78.0. The Morgan fingerprint density at radius 3 is 0.259 bits per heavy atom. The second-order valence-corrected chi connectivity index (χ2v) is 28.3. The Morgan fingerprint density at radius 2 is 0.173 bits per heavy atom. The van der Waals surface area contributed by atoms with Crippen molar-refractivity contribution in [2.75, 3.05) is 0 Å². The molecule has 0 rings (SSSR count). The minimum Gasteiger partial charge on any atom is -0.0654 e. The van der Waals surface area contributed by atoms with Gasteiger partial charge >= 0.3 is 0 Å². The topological polar surface area (TPSA) is 0 Å². The second kappa shape index (κ2) is 78.0. The first-order valence-corrected chi connectivity index (χ1v) is 40.3. The highest BCUT2D eigenvalue weighted by Gasteiger charge is 2.10. The Morgan fingerprint density at radius 1 is 0.0988 bits per heavy atom. The maximum atomic E-state index is 2.32. The van der Waals surface area contributed by atoms with Crippen LogP contribution in [0.4, 0.5) is 0 Å². The third kappa shape index (κ3) is 76.0. The first-order chi connectivity index (χ1) is 40.3. The van der Waals surface area contributed by atoms with Crippen LogP contribution in [0.15, 0.2) is 0 Å². The molecule has 0 nitrogen and oxygen atoms in total. The van der Waals surface area contributed by atoms with E-state index in [2.05, 4.69) is 20.8 Å². The van der Waals surface area contributed by atoms with Crippen molar-refractivity contribution in [2.24, 2.45) is 5.92 Å². The first-order valence-electron chi connectivity index (χ1n) is 40.3. The Bertz CT molecular complexity index is 958. The average molecular weight is 1140 g/mol. The molecular formula is C81H164. The lowest BCUT2D eigenvalue weighted by Crippen LogP contribution is -2.01. The van der Waals surface area contributed by atoms with Crippen LogP contribution in [0.2, 0.25) is 0 Å². The summed E-state index contributed by atoms with van der Waals surface area (Å²) in [5.41, 5.74) is 0. The average Bonchev–Trinajstić information content (AvgIpc) is 3.47. The predicted molar refractivity (Wildman–Crippen MR) is 376 cm³/mol. The standard InChI is InChI=1S/C81H164/c1-4-7-10-13-16-19-22-25-28-31-34-37-40-43-46-49-52-55-58-61-64-67-70-73-76-79-81(78-75-72-69-66-63-60-57-54-51-48-45-42-39-36-33-30-27-24-21-18-15-12-9-6-3)80-77-74-71-68-65-62-59-56-53-50-47-44-41-38-35-32-29-26-23-20-17-14-11-8-5-2/h81H,4-80H2,1-3H3. The van der Waals surface area contributed by atoms with Crippen molar-refractivity contribution in [2.45, 2.75) is 515 Å². The minimum absolute atomic E-state index is 1.03. The lowest BCUT2D eigenvalue weighted by Gasteiger charge is -2.17. The van der Waals surface area contributed by atoms with E-state index in [9.17, 15) is 0 Å². The number of hydrogen-bond donors (Lipinski definition) is 0. The zero-order chi connectivity index (χ0) is 58.0. The molecule has 0 atom stereocenters. The molecule has 0 aromatic carbocycles. The van der Waals surface area contributed by atoms with Crippen LogP contribution in [0, 0.1) is 5.92 Å². The monoisotopic (exact) mass is 1140 g/mol. The SMILES string of the molecule is CCCCCCCCCCCCCCCCCCCCCCCCCCCC(CCCCCCCCCCCCCCCCCCCCCCCCCC)CCCCCCCCCCCCCCCCCCCCCCCCCCC. The van der Waals surface area contributed by atoms with Crippen molar-refractivity contribution in [3.8, 4) is 0 Å². The fraction of sp³-hybridized carbons (Fsp3) is 1.00. The highest BCUT2D eigenvalue weighted by molar-refractivity contribution is 4.63. The van der Waals surface area contributed by atoms with Crippen LogP contribution in [-0.2, 0) is 0 Å². The lowest BCUT2D eigenvalue weighted by atomic mass is 9.89. The molecule has 0 spiro atoms. The molecule has 0 aliphatic heterocycles. The second-order valence-electron chi connectivity index (χ2n) is 28.3. The quantitative estimate of drug-likeness (QED) is 0.0533. The summed E-state index contributed by atoms with van der Waals surface area (Å²) < 4.78 is 0. The van der Waals surface area contributed by atoms with Gasteiger partial charge in [-0.05, 0) is 5.92 Å². The van der Waals surface area contributed by atoms with Gasteiger partial charge in [0.1, 0.15) is 0 Å². The van der Waals surface area contributed by atoms with E-state index >= 15 is 0 Å². The molecule has 0 heteroatoms. The van der Waals surface area contributed by atoms with Crippen molar-refractivity contribution < 1.29 is 0 Å². The van der Waals surface area contributed by atoms with Crippen LogP contribution in [0.1, 0.15) is 515 Å². The predicted octanol–water partition coefficient (Wildman–Crippen LogP) is 31.7. The molecule has 0 saturated heterocycles. The molecule has 0 fully saturated rings. The van der Waals surface area contributed by atoms with Gasteiger partial charge in [0.25, 0.3) is 0 Å². The molecule has 0 aromatic rings. The van der Waals surface area contributed by atoms with E-state index in [1.165, 1.54) is 494 Å². The summed E-state index contributed by atoms with van der Waals surface area (Å²) in [5, 5.41) is 0. The van der Waals surface area contributed by atoms with Crippen LogP contribution >= 0.6 is 0 Å². The summed E-state index contributed by atoms with van der Waals surface area (Å²) in [6, 6.07) is 0. The molecule has 0 saturated carbocycles. The van der Waals surface area contributed by atoms with Gasteiger partial charge in [-0.1, -0.05) is 515 Å². The van der Waals surface area contributed by atoms with Crippen molar-refractivity contribution in [3.63, 3.8) is 0 Å². The summed E-state index contributed by atoms with van der Waals surface area (Å²) in [7, 11) is 0. The first kappa shape index (κ1) is 81.0. The number of hydrogen-bond acceptors (Lipinski definition) is 0. The van der Waals surface area contributed by atoms with Crippen molar-refractivity contribution >= 4 is 0 Å². The van der Waals surface area contributed by atoms with Gasteiger partial charge in [-0.3, -0.25) is 0 Å². The van der Waals surface area contributed by atoms with Crippen LogP contribution in [0.3, 0.4) is 0 Å². The highest BCUT2D eigenvalue weighted by Crippen LogP contribution is 2.26. The maximum Gasteiger partial charge on any atom is -0.0414 e. The van der Waals surface area contributed by atoms with Gasteiger partial charge in [0.05, 0.1) is 0 Å². The summed E-state index contributed by atoms with van der Waals surface area (Å²) >= 11 is 0. The van der Waals surface area contributed by atoms with E-state index in [4.69, 9.17) is 0 Å². The molecular weight excluding hydrogens is 973 g/mol. The van der Waals surface area contributed by atoms with Gasteiger partial charge in [-0.25, -0.2) is 0 Å². The molecule has 0 aromatic heterocycles. The Hall–Kier alpha value is 0. The van der Waals surface area contributed by atoms with Crippen LogP contribution < -0.4 is 0 Å². The summed E-state index contributed by atoms with van der Waals surface area (Å²) in [6.45, 7) is 6.97. The number of unbranched alkanes of at least 4 members (excludes halogenated alkanes) is 71. The summed E-state index contributed by atoms with van der Waals surface area (Å²) in [5.74, 6) is 1.03. The lowest BCUT2D eigenvalue weighted by molar-refractivity contribution is 0.365. The van der Waals surface area contributed by atoms with E-state index in [0.717, 1.165) is 5.92 Å². The molecule has 0 N–H and O–H groups in total. The zero-order valence-corrected chi connectivity index (χ0v) is 58.0. The van der Waals surface area contributed by atoms with Crippen molar-refractivity contribution in [1.82, 2.24) is 0 Å². The van der Waals surface area contributed by atoms with E-state index in [1.807, 2.05) is 0 Å². The van der Waals surface area contributed by atoms with Gasteiger partial charge in [-0.2, -0.15) is 0 Å². The van der Waals surface area contributed by atoms with Crippen molar-refractivity contribution in [1.29, 1.82) is 0 Å². The molecule has 0 unspecified atom stereocenters. The van der Waals surface area contributed by atoms with Crippen LogP contribution in [0.25, 0.3) is 0 Å². The molecule has 488 valence electrons. The summed E-state index contributed by atoms with van der Waals surface area (Å²) in [4.78, 5) is 0. The van der Waals surface area contributed by atoms with Gasteiger partial charge in [0.2, 0.25) is 0 Å². The largest absolute Gasteiger partial charge is 0.0654 e. The van der Waals surface area contributed by atoms with Crippen molar-refractivity contribution in [3.05, 3.63) is 0 Å². The van der Waals surface area contributed by atoms with E-state index in [-0.39, 0.29) is 0 Å². The summed E-state index contributed by atoms with van der Waals surface area (Å²) in [6.07, 6.45) is 115. The smallest absolute Gasteiger partial charge is 0.0414 e. The molecule has 0 heterocycles. The molecule has 0 aliphatic rings. The Balaban J connectivity index is 3.99. The Labute approximate surface area is 518 Å². The van der Waals surface area contributed by atoms with Gasteiger partial charge < -0.3 is 0 Å². The van der Waals surface area contributed by atoms with Gasteiger partial charge in [-0.15, -0.1) is 0 Å². The van der Waals surface area contributed by atoms with E-state index in [0.29, 0.717) is 0 Å². The highest BCUT2D eigenvalue weighted by atomic mass is 14.2. The normalized spacial score (nSPS) is 11.9. The molecule has 0 bridgehead atoms.